The number of rotatable bonds is 2. The number of benzene rings is 3. The highest BCUT2D eigenvalue weighted by Gasteiger charge is 2.43. The normalized spacial score (nSPS) is 19.4. The van der Waals surface area contributed by atoms with Crippen molar-refractivity contribution in [3.8, 4) is 45.5 Å². The number of nitrogens with zero attached hydrogens (tertiary/aromatic N) is 3. The molecule has 1 amide bonds. The molecule has 236 valence electrons. The molecule has 0 aliphatic carbocycles. The molecular weight excluding hydrogens is 594 g/mol. The van der Waals surface area contributed by atoms with Crippen LogP contribution in [0.3, 0.4) is 0 Å². The molecule has 0 fully saturated rings. The third kappa shape index (κ3) is 4.20. The van der Waals surface area contributed by atoms with Crippen molar-refractivity contribution in [1.29, 1.82) is 0 Å². The molecule has 3 atom stereocenters. The molecule has 3 aliphatic rings. The summed E-state index contributed by atoms with van der Waals surface area (Å²) in [5.41, 5.74) is 7.22. The Balaban J connectivity index is 1.36. The Labute approximate surface area is 270 Å². The molecule has 3 aromatic heterocycles. The van der Waals surface area contributed by atoms with Gasteiger partial charge < -0.3 is 33.5 Å². The van der Waals surface area contributed by atoms with Crippen LogP contribution in [0, 0.1) is 5.92 Å². The van der Waals surface area contributed by atoms with Crippen LogP contribution in [0.4, 0.5) is 5.69 Å². The van der Waals surface area contributed by atoms with Crippen molar-refractivity contribution in [2.45, 2.75) is 44.9 Å². The zero-order valence-electron chi connectivity index (χ0n) is 26.5. The first-order valence-corrected chi connectivity index (χ1v) is 16.0. The minimum atomic E-state index is -0.546. The van der Waals surface area contributed by atoms with Crippen molar-refractivity contribution in [1.82, 2.24) is 19.9 Å². The van der Waals surface area contributed by atoms with Gasteiger partial charge in [-0.25, -0.2) is 9.97 Å². The van der Waals surface area contributed by atoms with E-state index < -0.39 is 18.2 Å². The van der Waals surface area contributed by atoms with Crippen LogP contribution in [-0.2, 0) is 18.3 Å². The maximum atomic E-state index is 13.1. The summed E-state index contributed by atoms with van der Waals surface area (Å²) < 4.78 is 28.0. The van der Waals surface area contributed by atoms with E-state index in [-0.39, 0.29) is 11.8 Å². The van der Waals surface area contributed by atoms with Gasteiger partial charge in [-0.15, -0.1) is 0 Å². The van der Waals surface area contributed by atoms with Crippen LogP contribution in [0.1, 0.15) is 55.0 Å². The summed E-state index contributed by atoms with van der Waals surface area (Å²) in [7, 11) is 3.68. The largest absolute Gasteiger partial charge is 0.495 e. The molecule has 2 N–H and O–H groups in total. The third-order valence-corrected chi connectivity index (χ3v) is 9.60. The molecule has 6 aromatic rings. The van der Waals surface area contributed by atoms with E-state index in [1.807, 2.05) is 57.4 Å². The number of hydrogen-bond donors (Lipinski definition) is 2. The average molecular weight is 628 g/mol. The van der Waals surface area contributed by atoms with Gasteiger partial charge in [-0.1, -0.05) is 44.2 Å². The van der Waals surface area contributed by atoms with E-state index in [2.05, 4.69) is 39.5 Å². The summed E-state index contributed by atoms with van der Waals surface area (Å²) >= 11 is 0. The molecule has 10 nitrogen and oxygen atoms in total. The van der Waals surface area contributed by atoms with Crippen molar-refractivity contribution in [3.05, 3.63) is 89.8 Å². The second kappa shape index (κ2) is 10.2. The topological polar surface area (TPSA) is 117 Å². The number of oxazole rings is 2. The number of fused-ring (bicyclic) bond motifs is 8. The van der Waals surface area contributed by atoms with Crippen LogP contribution in [0.25, 0.3) is 44.9 Å². The Morgan fingerprint density at radius 2 is 1.87 bits per heavy atom. The highest BCUT2D eigenvalue weighted by atomic mass is 16.5. The molecule has 47 heavy (non-hydrogen) atoms. The van der Waals surface area contributed by atoms with E-state index in [1.165, 1.54) is 0 Å². The van der Waals surface area contributed by atoms with Gasteiger partial charge in [0.1, 0.15) is 23.5 Å². The van der Waals surface area contributed by atoms with Crippen molar-refractivity contribution in [2.24, 2.45) is 13.0 Å². The van der Waals surface area contributed by atoms with Crippen LogP contribution in [0.2, 0.25) is 0 Å². The highest BCUT2D eigenvalue weighted by molar-refractivity contribution is 6.09. The lowest BCUT2D eigenvalue weighted by molar-refractivity contribution is -0.122. The summed E-state index contributed by atoms with van der Waals surface area (Å²) in [6.45, 7) is 4.09. The number of carbonyl (C=O) groups is 1. The first-order chi connectivity index (χ1) is 22.9. The SMILES string of the molecule is COc1ccc2c3c(cn(C)c13)-c1cnc(o1)-c1nc3oc1C1c4cc(ccc4OC1Nc1ccccc1-2)CCC(=O)NC3C(C)C. The van der Waals surface area contributed by atoms with Crippen molar-refractivity contribution in [3.63, 3.8) is 0 Å². The molecule has 3 aromatic carbocycles. The number of methoxy groups -OCH3 is 1. The van der Waals surface area contributed by atoms with Crippen LogP contribution < -0.4 is 20.1 Å². The number of ether oxygens (including phenoxy) is 2. The Bertz CT molecular complexity index is 2230. The van der Waals surface area contributed by atoms with Crippen molar-refractivity contribution >= 4 is 22.5 Å². The number of amides is 1. The summed E-state index contributed by atoms with van der Waals surface area (Å²) in [5, 5.41) is 7.91. The second-order valence-corrected chi connectivity index (χ2v) is 12.9. The van der Waals surface area contributed by atoms with E-state index >= 15 is 0 Å². The lowest BCUT2D eigenvalue weighted by atomic mass is 9.92. The van der Waals surface area contributed by atoms with E-state index in [1.54, 1.807) is 13.3 Å². The van der Waals surface area contributed by atoms with Gasteiger partial charge in [0.25, 0.3) is 0 Å². The Hall–Kier alpha value is -5.51. The molecule has 0 spiro atoms. The smallest absolute Gasteiger partial charge is 0.249 e. The monoisotopic (exact) mass is 627 g/mol. The summed E-state index contributed by atoms with van der Waals surface area (Å²) in [5.74, 6) is 2.96. The minimum absolute atomic E-state index is 0.0186. The first-order valence-electron chi connectivity index (χ1n) is 16.0. The molecule has 3 unspecified atom stereocenters. The standard InChI is InChI=1S/C37H33N5O5/c1-18(2)31-37-41-32-34(47-37)30-22-15-19(10-14-28(43)40-31)9-12-25(22)45-35(30)39-24-8-6-5-7-20(24)21-11-13-26(44-4)33-29(21)23(17-42(33)3)27-16-38-36(32)46-27/h5-9,11-13,15-18,30-31,35,39H,10,14H2,1-4H3,(H,40,43). The summed E-state index contributed by atoms with van der Waals surface area (Å²) in [6.07, 6.45) is 4.19. The number of hydrogen-bond acceptors (Lipinski definition) is 8. The van der Waals surface area contributed by atoms with E-state index in [0.717, 1.165) is 55.9 Å². The van der Waals surface area contributed by atoms with E-state index in [4.69, 9.17) is 28.3 Å². The Kier molecular flexibility index (Phi) is 6.06. The maximum Gasteiger partial charge on any atom is 0.249 e. The minimum Gasteiger partial charge on any atom is -0.495 e. The fourth-order valence-corrected chi connectivity index (χ4v) is 7.33. The quantitative estimate of drug-likeness (QED) is 0.207. The number of aromatic nitrogens is 3. The van der Waals surface area contributed by atoms with Crippen LogP contribution in [-0.4, -0.2) is 33.8 Å². The molecular formula is C37H33N5O5. The molecule has 3 aliphatic heterocycles. The van der Waals surface area contributed by atoms with Gasteiger partial charge in [0.2, 0.25) is 17.7 Å². The van der Waals surface area contributed by atoms with Gasteiger partial charge in [-0.05, 0) is 47.7 Å². The predicted octanol–water partition coefficient (Wildman–Crippen LogP) is 7.20. The van der Waals surface area contributed by atoms with E-state index in [9.17, 15) is 4.79 Å². The lowest BCUT2D eigenvalue weighted by Crippen LogP contribution is -2.32. The molecule has 0 radical (unpaired) electrons. The molecule has 0 saturated carbocycles. The molecule has 9 rings (SSSR count). The maximum absolute atomic E-state index is 13.1. The zero-order valence-corrected chi connectivity index (χ0v) is 26.5. The second-order valence-electron chi connectivity index (χ2n) is 12.9. The number of para-hydroxylation sites is 1. The summed E-state index contributed by atoms with van der Waals surface area (Å²) in [4.78, 5) is 23.0. The highest BCUT2D eigenvalue weighted by Crippen LogP contribution is 2.50. The number of aryl methyl sites for hydroxylation is 2. The third-order valence-electron chi connectivity index (χ3n) is 9.60. The number of nitrogens with one attached hydrogen (secondary N) is 2. The van der Waals surface area contributed by atoms with Gasteiger partial charge >= 0.3 is 0 Å². The molecule has 6 bridgehead atoms. The van der Waals surface area contributed by atoms with E-state index in [0.29, 0.717) is 41.8 Å². The lowest BCUT2D eigenvalue weighted by Gasteiger charge is -2.23. The molecule has 0 saturated heterocycles. The summed E-state index contributed by atoms with van der Waals surface area (Å²) in [6, 6.07) is 18.0. The first kappa shape index (κ1) is 27.8. The Morgan fingerprint density at radius 1 is 1.00 bits per heavy atom. The molecule has 10 heteroatoms. The van der Waals surface area contributed by atoms with Gasteiger partial charge in [0.15, 0.2) is 23.4 Å². The van der Waals surface area contributed by atoms with Gasteiger partial charge in [0.05, 0.1) is 18.8 Å². The van der Waals surface area contributed by atoms with Crippen LogP contribution in [0.15, 0.2) is 75.8 Å². The Morgan fingerprint density at radius 3 is 2.72 bits per heavy atom. The van der Waals surface area contributed by atoms with Gasteiger partial charge in [-0.2, -0.15) is 0 Å². The van der Waals surface area contributed by atoms with Crippen molar-refractivity contribution in [2.75, 3.05) is 12.4 Å². The van der Waals surface area contributed by atoms with Gasteiger partial charge in [-0.3, -0.25) is 4.79 Å². The zero-order chi connectivity index (χ0) is 32.0. The molecule has 6 heterocycles. The van der Waals surface area contributed by atoms with Crippen LogP contribution in [0.5, 0.6) is 11.5 Å². The average Bonchev–Trinajstić information content (AvgIpc) is 3.85. The predicted molar refractivity (Wildman–Crippen MR) is 176 cm³/mol. The number of anilines is 1. The number of carbonyl (C=O) groups excluding carboxylic acids is 1. The van der Waals surface area contributed by atoms with Crippen LogP contribution >= 0.6 is 0 Å². The fourth-order valence-electron chi connectivity index (χ4n) is 7.33. The fraction of sp³-hybridized carbons (Fsp3) is 0.270. The van der Waals surface area contributed by atoms with Gasteiger partial charge in [0, 0.05) is 47.4 Å². The van der Waals surface area contributed by atoms with Crippen molar-refractivity contribution < 1.29 is 23.1 Å².